The molecule has 4 heteroatoms. The number of hydrogen-bond donors (Lipinski definition) is 0. The fourth-order valence-electron chi connectivity index (χ4n) is 1.25. The van der Waals surface area contributed by atoms with E-state index in [0.717, 1.165) is 22.8 Å². The van der Waals surface area contributed by atoms with Gasteiger partial charge in [0, 0.05) is 0 Å². The highest BCUT2D eigenvalue weighted by molar-refractivity contribution is 14.1. The van der Waals surface area contributed by atoms with E-state index in [9.17, 15) is 8.42 Å². The van der Waals surface area contributed by atoms with Crippen LogP contribution in [0, 0.1) is 6.92 Å². The minimum atomic E-state index is -3.05. The van der Waals surface area contributed by atoms with Gasteiger partial charge in [0.1, 0.15) is 0 Å². The molecule has 84 valence electrons. The van der Waals surface area contributed by atoms with E-state index >= 15 is 0 Å². The Morgan fingerprint density at radius 2 is 1.73 bits per heavy atom. The third kappa shape index (κ3) is 4.10. The summed E-state index contributed by atoms with van der Waals surface area (Å²) in [5.74, 6) is 0.263. The quantitative estimate of drug-likeness (QED) is 0.470. The number of halogens is 1. The number of aryl methyl sites for hydroxylation is 1. The molecule has 0 aliphatic heterocycles. The molecule has 0 fully saturated rings. The van der Waals surface area contributed by atoms with Crippen LogP contribution in [0.25, 0.3) is 0 Å². The summed E-state index contributed by atoms with van der Waals surface area (Å²) in [6.07, 6.45) is 1.71. The normalized spacial score (nSPS) is 11.6. The van der Waals surface area contributed by atoms with Crippen molar-refractivity contribution in [2.75, 3.05) is 10.2 Å². The molecule has 0 spiro atoms. The highest BCUT2D eigenvalue weighted by Gasteiger charge is 2.12. The molecule has 0 aliphatic rings. The molecule has 0 atom stereocenters. The molecule has 2 nitrogen and oxygen atoms in total. The predicted molar refractivity (Wildman–Crippen MR) is 71.4 cm³/mol. The van der Waals surface area contributed by atoms with Gasteiger partial charge in [0.05, 0.1) is 10.6 Å². The lowest BCUT2D eigenvalue weighted by Crippen LogP contribution is -2.06. The summed E-state index contributed by atoms with van der Waals surface area (Å²) in [4.78, 5) is 0.446. The van der Waals surface area contributed by atoms with Crippen LogP contribution in [0.5, 0.6) is 0 Å². The van der Waals surface area contributed by atoms with E-state index in [4.69, 9.17) is 0 Å². The van der Waals surface area contributed by atoms with Gasteiger partial charge in [-0.25, -0.2) is 8.42 Å². The lowest BCUT2D eigenvalue weighted by molar-refractivity contribution is 0.593. The highest BCUT2D eigenvalue weighted by atomic mass is 127. The van der Waals surface area contributed by atoms with Gasteiger partial charge in [-0.3, -0.25) is 0 Å². The SMILES string of the molecule is Cc1ccc(S(=O)(=O)CCCCI)cc1. The number of sulfone groups is 1. The number of alkyl halides is 1. The van der Waals surface area contributed by atoms with E-state index in [1.807, 2.05) is 19.1 Å². The summed E-state index contributed by atoms with van der Waals surface area (Å²) in [6, 6.07) is 7.06. The number of hydrogen-bond acceptors (Lipinski definition) is 2. The Bertz CT molecular complexity index is 395. The first-order valence-corrected chi connectivity index (χ1v) is 8.09. The zero-order valence-corrected chi connectivity index (χ0v) is 11.7. The van der Waals surface area contributed by atoms with Crippen molar-refractivity contribution in [3.63, 3.8) is 0 Å². The third-order valence-electron chi connectivity index (χ3n) is 2.18. The van der Waals surface area contributed by atoms with Crippen molar-refractivity contribution in [1.82, 2.24) is 0 Å². The van der Waals surface area contributed by atoms with Crippen molar-refractivity contribution < 1.29 is 8.42 Å². The van der Waals surface area contributed by atoms with Crippen LogP contribution in [0.4, 0.5) is 0 Å². The van der Waals surface area contributed by atoms with Gasteiger partial charge < -0.3 is 0 Å². The van der Waals surface area contributed by atoms with E-state index in [0.29, 0.717) is 4.90 Å². The van der Waals surface area contributed by atoms with Crippen LogP contribution >= 0.6 is 22.6 Å². The minimum Gasteiger partial charge on any atom is -0.224 e. The van der Waals surface area contributed by atoms with Crippen LogP contribution in [-0.4, -0.2) is 18.6 Å². The average Bonchev–Trinajstić information content (AvgIpc) is 2.18. The summed E-state index contributed by atoms with van der Waals surface area (Å²) in [5, 5.41) is 0. The maximum absolute atomic E-state index is 11.8. The van der Waals surface area contributed by atoms with Crippen molar-refractivity contribution in [2.45, 2.75) is 24.7 Å². The van der Waals surface area contributed by atoms with Crippen LogP contribution in [0.15, 0.2) is 29.2 Å². The van der Waals surface area contributed by atoms with Crippen LogP contribution in [0.1, 0.15) is 18.4 Å². The van der Waals surface area contributed by atoms with Crippen LogP contribution in [0.2, 0.25) is 0 Å². The molecule has 0 unspecified atom stereocenters. The molecule has 1 aromatic rings. The van der Waals surface area contributed by atoms with E-state index in [-0.39, 0.29) is 5.75 Å². The predicted octanol–water partition coefficient (Wildman–Crippen LogP) is 2.98. The zero-order valence-electron chi connectivity index (χ0n) is 8.74. The summed E-state index contributed by atoms with van der Waals surface area (Å²) in [5.41, 5.74) is 1.08. The second-order valence-electron chi connectivity index (χ2n) is 3.53. The van der Waals surface area contributed by atoms with Gasteiger partial charge in [0.15, 0.2) is 9.84 Å². The average molecular weight is 338 g/mol. The Balaban J connectivity index is 2.73. The van der Waals surface area contributed by atoms with Crippen LogP contribution in [-0.2, 0) is 9.84 Å². The smallest absolute Gasteiger partial charge is 0.178 e. The van der Waals surface area contributed by atoms with E-state index in [1.165, 1.54) is 0 Å². The minimum absolute atomic E-state index is 0.263. The molecule has 0 amide bonds. The molecule has 0 aliphatic carbocycles. The summed E-state index contributed by atoms with van der Waals surface area (Å²) < 4.78 is 24.6. The number of unbranched alkanes of at least 4 members (excludes halogenated alkanes) is 1. The van der Waals surface area contributed by atoms with Gasteiger partial charge in [-0.2, -0.15) is 0 Å². The Kier molecular flexibility index (Phi) is 5.05. The van der Waals surface area contributed by atoms with Gasteiger partial charge in [-0.15, -0.1) is 0 Å². The molecule has 0 bridgehead atoms. The number of benzene rings is 1. The molecule has 1 aromatic carbocycles. The Morgan fingerprint density at radius 3 is 2.27 bits per heavy atom. The van der Waals surface area contributed by atoms with Gasteiger partial charge in [-0.05, 0) is 36.3 Å². The lowest BCUT2D eigenvalue weighted by atomic mass is 10.2. The van der Waals surface area contributed by atoms with Crippen molar-refractivity contribution in [3.8, 4) is 0 Å². The maximum atomic E-state index is 11.8. The fourth-order valence-corrected chi connectivity index (χ4v) is 3.16. The van der Waals surface area contributed by atoms with Gasteiger partial charge in [-0.1, -0.05) is 40.3 Å². The standard InChI is InChI=1S/C11H15IO2S/c1-10-4-6-11(7-5-10)15(13,14)9-3-2-8-12/h4-7H,2-3,8-9H2,1H3. The van der Waals surface area contributed by atoms with Crippen molar-refractivity contribution in [3.05, 3.63) is 29.8 Å². The van der Waals surface area contributed by atoms with E-state index < -0.39 is 9.84 Å². The van der Waals surface area contributed by atoms with Gasteiger partial charge >= 0.3 is 0 Å². The molecule has 0 aromatic heterocycles. The second kappa shape index (κ2) is 5.84. The molecule has 0 saturated carbocycles. The monoisotopic (exact) mass is 338 g/mol. The van der Waals surface area contributed by atoms with Gasteiger partial charge in [0.2, 0.25) is 0 Å². The Morgan fingerprint density at radius 1 is 1.13 bits per heavy atom. The van der Waals surface area contributed by atoms with E-state index in [2.05, 4.69) is 22.6 Å². The topological polar surface area (TPSA) is 34.1 Å². The molecule has 0 radical (unpaired) electrons. The van der Waals surface area contributed by atoms with Crippen molar-refractivity contribution >= 4 is 32.4 Å². The first kappa shape index (κ1) is 13.0. The molecule has 1 rings (SSSR count). The summed E-state index contributed by atoms with van der Waals surface area (Å²) in [7, 11) is -3.05. The summed E-state index contributed by atoms with van der Waals surface area (Å²) >= 11 is 2.26. The maximum Gasteiger partial charge on any atom is 0.178 e. The number of rotatable bonds is 5. The molecule has 0 heterocycles. The first-order chi connectivity index (χ1) is 7.06. The van der Waals surface area contributed by atoms with Crippen LogP contribution < -0.4 is 0 Å². The van der Waals surface area contributed by atoms with Crippen LogP contribution in [0.3, 0.4) is 0 Å². The van der Waals surface area contributed by atoms with Crippen molar-refractivity contribution in [1.29, 1.82) is 0 Å². The molecule has 0 saturated heterocycles. The van der Waals surface area contributed by atoms with E-state index in [1.54, 1.807) is 12.1 Å². The molecular formula is C11H15IO2S. The Hall–Kier alpha value is -0.100. The molecule has 0 N–H and O–H groups in total. The molecular weight excluding hydrogens is 323 g/mol. The Labute approximate surface area is 105 Å². The largest absolute Gasteiger partial charge is 0.224 e. The van der Waals surface area contributed by atoms with Crippen molar-refractivity contribution in [2.24, 2.45) is 0 Å². The van der Waals surface area contributed by atoms with Gasteiger partial charge in [0.25, 0.3) is 0 Å². The third-order valence-corrected chi connectivity index (χ3v) is 4.76. The summed E-state index contributed by atoms with van der Waals surface area (Å²) in [6.45, 7) is 1.95. The molecule has 15 heavy (non-hydrogen) atoms. The fraction of sp³-hybridized carbons (Fsp3) is 0.455. The second-order valence-corrected chi connectivity index (χ2v) is 6.72. The highest BCUT2D eigenvalue weighted by Crippen LogP contribution is 2.13. The zero-order chi connectivity index (χ0) is 11.3. The lowest BCUT2D eigenvalue weighted by Gasteiger charge is -2.03. The first-order valence-electron chi connectivity index (χ1n) is 4.91.